The van der Waals surface area contributed by atoms with Crippen LogP contribution in [-0.4, -0.2) is 72.7 Å². The Morgan fingerprint density at radius 1 is 1.04 bits per heavy atom. The Morgan fingerprint density at radius 3 is 2.46 bits per heavy atom. The Bertz CT molecular complexity index is 1930. The van der Waals surface area contributed by atoms with Crippen LogP contribution in [0.4, 0.5) is 5.69 Å². The number of rotatable bonds is 20. The Morgan fingerprint density at radius 2 is 1.77 bits per heavy atom. The molecule has 0 bridgehead atoms. The lowest BCUT2D eigenvalue weighted by Gasteiger charge is -2.58. The van der Waals surface area contributed by atoms with Crippen molar-refractivity contribution in [1.29, 1.82) is 0 Å². The summed E-state index contributed by atoms with van der Waals surface area (Å²) in [6.07, 6.45) is 10.1. The number of nitrogens with one attached hydrogen (secondary N) is 1. The van der Waals surface area contributed by atoms with Crippen LogP contribution in [0, 0.1) is 17.8 Å². The van der Waals surface area contributed by atoms with E-state index in [0.717, 1.165) is 53.7 Å². The summed E-state index contributed by atoms with van der Waals surface area (Å²) >= 11 is 1.64. The summed E-state index contributed by atoms with van der Waals surface area (Å²) in [6, 6.07) is 18.8. The van der Waals surface area contributed by atoms with Crippen molar-refractivity contribution in [3.63, 3.8) is 0 Å². The Hall–Kier alpha value is -4.62. The van der Waals surface area contributed by atoms with Crippen molar-refractivity contribution in [1.82, 2.24) is 0 Å². The molecule has 3 N–H and O–H groups in total. The van der Waals surface area contributed by atoms with Crippen molar-refractivity contribution in [3.8, 4) is 23.0 Å². The van der Waals surface area contributed by atoms with Crippen LogP contribution in [-0.2, 0) is 14.4 Å². The number of thioether (sulfide) groups is 1. The minimum Gasteiger partial charge on any atom is -0.496 e. The van der Waals surface area contributed by atoms with Gasteiger partial charge in [-0.3, -0.25) is 9.59 Å². The summed E-state index contributed by atoms with van der Waals surface area (Å²) in [4.78, 5) is 30.4. The lowest BCUT2D eigenvalue weighted by Crippen LogP contribution is -2.64. The van der Waals surface area contributed by atoms with E-state index in [1.165, 1.54) is 14.0 Å². The van der Waals surface area contributed by atoms with E-state index < -0.39 is 5.79 Å². The van der Waals surface area contributed by atoms with Crippen molar-refractivity contribution in [2.75, 3.05) is 38.9 Å². The van der Waals surface area contributed by atoms with E-state index in [2.05, 4.69) is 18.0 Å². The molecular weight excluding hydrogens is 745 g/mol. The highest BCUT2D eigenvalue weighted by Crippen LogP contribution is 2.63. The average Bonchev–Trinajstić information content (AvgIpc) is 3.21. The van der Waals surface area contributed by atoms with Gasteiger partial charge in [0.05, 0.1) is 36.2 Å². The van der Waals surface area contributed by atoms with E-state index in [4.69, 9.17) is 28.9 Å². The van der Waals surface area contributed by atoms with Crippen LogP contribution in [0.5, 0.6) is 23.0 Å². The molecule has 0 radical (unpaired) electrons. The number of ether oxygens (including phenoxy) is 4. The molecule has 1 saturated carbocycles. The second kappa shape index (κ2) is 19.7. The third-order valence-corrected chi connectivity index (χ3v) is 12.3. The first-order valence-corrected chi connectivity index (χ1v) is 20.7. The van der Waals surface area contributed by atoms with E-state index in [-0.39, 0.29) is 54.6 Å². The maximum atomic E-state index is 11.9. The Balaban J connectivity index is 1.53. The van der Waals surface area contributed by atoms with Crippen molar-refractivity contribution in [2.24, 2.45) is 22.9 Å². The molecule has 1 heterocycles. The normalized spacial score (nSPS) is 24.0. The maximum Gasteiger partial charge on any atom is 0.231 e. The highest BCUT2D eigenvalue weighted by atomic mass is 32.2. The number of benzene rings is 3. The number of methoxy groups -OCH3 is 1. The molecule has 6 rings (SSSR count). The number of aliphatic hydroxyl groups is 2. The molecule has 3 aliphatic rings. The van der Waals surface area contributed by atoms with Crippen LogP contribution in [0.15, 0.2) is 95.0 Å². The van der Waals surface area contributed by atoms with Crippen molar-refractivity contribution in [3.05, 3.63) is 96.1 Å². The van der Waals surface area contributed by atoms with E-state index in [0.29, 0.717) is 60.1 Å². The van der Waals surface area contributed by atoms with E-state index in [1.54, 1.807) is 36.0 Å². The van der Waals surface area contributed by atoms with Crippen LogP contribution in [0.2, 0.25) is 0 Å². The number of hydrogen-bond donors (Lipinski definition) is 3. The summed E-state index contributed by atoms with van der Waals surface area (Å²) in [5, 5.41) is 27.0. The summed E-state index contributed by atoms with van der Waals surface area (Å²) in [5.41, 5.74) is 3.95. The van der Waals surface area contributed by atoms with E-state index in [9.17, 15) is 19.8 Å². The monoisotopic (exact) mass is 798 g/mol. The number of amides is 1. The maximum absolute atomic E-state index is 11.9. The molecule has 3 aromatic carbocycles. The molecule has 1 fully saturated rings. The lowest BCUT2D eigenvalue weighted by molar-refractivity contribution is -0.223. The molecule has 0 spiro atoms. The van der Waals surface area contributed by atoms with Crippen LogP contribution < -0.4 is 19.5 Å². The van der Waals surface area contributed by atoms with E-state index in [1.807, 2.05) is 49.4 Å². The molecule has 12 heteroatoms. The van der Waals surface area contributed by atoms with Crippen LogP contribution in [0.1, 0.15) is 80.6 Å². The first kappa shape index (κ1) is 42.0. The van der Waals surface area contributed by atoms with Gasteiger partial charge >= 0.3 is 0 Å². The summed E-state index contributed by atoms with van der Waals surface area (Å²) in [6.45, 7) is 8.31. The molecule has 11 nitrogen and oxygen atoms in total. The number of unbranched alkanes of at least 4 members (excludes halogenated alkanes) is 2. The number of carbonyl (C=O) groups is 2. The molecule has 1 aliphatic heterocycles. The molecular formula is C45H54N2O9S. The molecule has 0 aromatic heterocycles. The van der Waals surface area contributed by atoms with Gasteiger partial charge in [-0.05, 0) is 111 Å². The predicted molar refractivity (Wildman–Crippen MR) is 222 cm³/mol. The molecule has 2 aliphatic carbocycles. The number of oxime groups is 1. The third kappa shape index (κ3) is 9.41. The molecule has 57 heavy (non-hydrogen) atoms. The van der Waals surface area contributed by atoms with Gasteiger partial charge in [-0.1, -0.05) is 30.1 Å². The van der Waals surface area contributed by atoms with Gasteiger partial charge in [-0.2, -0.15) is 0 Å². The molecule has 3 aromatic rings. The minimum absolute atomic E-state index is 0.108. The van der Waals surface area contributed by atoms with Gasteiger partial charge in [-0.25, -0.2) is 0 Å². The second-order valence-corrected chi connectivity index (χ2v) is 15.9. The highest BCUT2D eigenvalue weighted by molar-refractivity contribution is 8.00. The van der Waals surface area contributed by atoms with Crippen LogP contribution in [0.25, 0.3) is 0 Å². The van der Waals surface area contributed by atoms with Gasteiger partial charge in [0.2, 0.25) is 11.7 Å². The molecule has 6 unspecified atom stereocenters. The van der Waals surface area contributed by atoms with Crippen molar-refractivity contribution < 1.29 is 43.6 Å². The Kier molecular flexibility index (Phi) is 14.5. The van der Waals surface area contributed by atoms with Crippen molar-refractivity contribution >= 4 is 35.4 Å². The topological polar surface area (TPSA) is 145 Å². The standard InChI is InChI=1S/C45H54N2O9S/c1-5-23-53-45-42(57-35-17-13-32(14-18-35)46-29(3)51)27-39(47-54-6-2)37-25-30(11-7-9-21-48)36(12-8-10-22-49)43(44(37)45)38-26-34(16-20-41(38)56-45)55-33-15-19-40(52-4)31(24-33)28-50/h5,13-20,24-26,28,30,36,42-44,48-49H,1,6-12,21-23,27H2,2-4H3,(H,46,51). The smallest absolute Gasteiger partial charge is 0.231 e. The zero-order valence-electron chi connectivity index (χ0n) is 33.0. The fourth-order valence-electron chi connectivity index (χ4n) is 8.62. The van der Waals surface area contributed by atoms with E-state index >= 15 is 0 Å². The molecule has 0 saturated heterocycles. The van der Waals surface area contributed by atoms with Crippen molar-refractivity contribution in [2.45, 2.75) is 80.6 Å². The fraction of sp³-hybridized carbons (Fsp3) is 0.444. The van der Waals surface area contributed by atoms with Gasteiger partial charge in [0.25, 0.3) is 0 Å². The van der Waals surface area contributed by atoms with Gasteiger partial charge in [0.1, 0.15) is 29.6 Å². The number of carbonyl (C=O) groups excluding carboxylic acids is 2. The lowest BCUT2D eigenvalue weighted by atomic mass is 9.56. The number of hydrogen-bond acceptors (Lipinski definition) is 11. The SMILES string of the molecule is C=CCOC12Oc3ccc(Oc4ccc(OC)c(C=O)c4)cc3C3C(CCCCO)C(CCCCO)C=C(C(=NOCC)CC1Sc1ccc(NC(C)=O)cc1)C32. The number of aliphatic hydroxyl groups excluding tert-OH is 2. The average molecular weight is 799 g/mol. The van der Waals surface area contributed by atoms with Crippen LogP contribution >= 0.6 is 11.8 Å². The third-order valence-electron chi connectivity index (χ3n) is 10.9. The number of anilines is 1. The fourth-order valence-corrected chi connectivity index (χ4v) is 9.91. The van der Waals surface area contributed by atoms with Gasteiger partial charge in [-0.15, -0.1) is 18.3 Å². The zero-order chi connectivity index (χ0) is 40.4. The highest BCUT2D eigenvalue weighted by Gasteiger charge is 2.64. The number of allylic oxidation sites excluding steroid dienone is 1. The number of nitrogens with zero attached hydrogens (tertiary/aromatic N) is 1. The number of aldehydes is 1. The van der Waals surface area contributed by atoms with Gasteiger partial charge in [0, 0.05) is 48.6 Å². The van der Waals surface area contributed by atoms with Gasteiger partial charge in [0.15, 0.2) is 6.29 Å². The first-order chi connectivity index (χ1) is 27.8. The summed E-state index contributed by atoms with van der Waals surface area (Å²) < 4.78 is 26.1. The number of fused-ring (bicyclic) bond motifs is 2. The molecule has 1 amide bonds. The molecule has 6 atom stereocenters. The minimum atomic E-state index is -1.16. The quantitative estimate of drug-likeness (QED) is 0.0439. The van der Waals surface area contributed by atoms with Crippen LogP contribution in [0.3, 0.4) is 0 Å². The Labute approximate surface area is 339 Å². The first-order valence-electron chi connectivity index (χ1n) is 19.8. The zero-order valence-corrected chi connectivity index (χ0v) is 33.8. The largest absolute Gasteiger partial charge is 0.496 e. The predicted octanol–water partition coefficient (Wildman–Crippen LogP) is 8.70. The van der Waals surface area contributed by atoms with Gasteiger partial charge < -0.3 is 39.3 Å². The summed E-state index contributed by atoms with van der Waals surface area (Å²) in [5.74, 6) is 0.738. The second-order valence-electron chi connectivity index (χ2n) is 14.6. The molecule has 304 valence electrons. The summed E-state index contributed by atoms with van der Waals surface area (Å²) in [7, 11) is 1.52.